The summed E-state index contributed by atoms with van der Waals surface area (Å²) in [6.45, 7) is 5.83. The molecular weight excluding hydrogens is 538 g/mol. The zero-order valence-corrected chi connectivity index (χ0v) is 24.1. The van der Waals surface area contributed by atoms with Crippen LogP contribution in [0.3, 0.4) is 0 Å². The summed E-state index contributed by atoms with van der Waals surface area (Å²) in [6, 6.07) is -0.761. The minimum atomic E-state index is -2.34. The van der Waals surface area contributed by atoms with E-state index in [4.69, 9.17) is 37.1 Å². The molecule has 3 heterocycles. The summed E-state index contributed by atoms with van der Waals surface area (Å²) in [5.74, 6) is -0.0725. The van der Waals surface area contributed by atoms with Gasteiger partial charge in [0.05, 0.1) is 12.9 Å². The second-order valence-corrected chi connectivity index (χ2v) is 12.4. The maximum Gasteiger partial charge on any atom is 0.613 e. The van der Waals surface area contributed by atoms with Crippen LogP contribution in [0.4, 0.5) is 5.95 Å². The Hall–Kier alpha value is -1.62. The van der Waals surface area contributed by atoms with Crippen molar-refractivity contribution in [1.29, 1.82) is 0 Å². The zero-order chi connectivity index (χ0) is 26.7. The van der Waals surface area contributed by atoms with E-state index >= 15 is 0 Å². The number of imidazole rings is 1. The Kier molecular flexibility index (Phi) is 9.25. The normalized spacial score (nSPS) is 27.8. The van der Waals surface area contributed by atoms with Crippen molar-refractivity contribution in [2.45, 2.75) is 87.8 Å². The topological polar surface area (TPSA) is 153 Å². The summed E-state index contributed by atoms with van der Waals surface area (Å²) in [5.41, 5.74) is 6.84. The van der Waals surface area contributed by atoms with Crippen molar-refractivity contribution in [3.8, 4) is 5.88 Å². The number of aromatic nitrogens is 4. The average Bonchev–Trinajstić information content (AvgIpc) is 3.36. The molecule has 4 rings (SSSR count). The summed E-state index contributed by atoms with van der Waals surface area (Å²) in [6.07, 6.45) is 5.50. The Bertz CT molecular complexity index is 1130. The molecule has 1 saturated heterocycles. The summed E-state index contributed by atoms with van der Waals surface area (Å²) < 4.78 is 37.3. The molecule has 3 N–H and O–H groups in total. The molecule has 2 fully saturated rings. The van der Waals surface area contributed by atoms with Crippen molar-refractivity contribution in [3.05, 3.63) is 6.33 Å². The van der Waals surface area contributed by atoms with E-state index in [0.29, 0.717) is 23.7 Å². The predicted molar refractivity (Wildman–Crippen MR) is 145 cm³/mol. The van der Waals surface area contributed by atoms with Gasteiger partial charge >= 0.3 is 14.1 Å². The van der Waals surface area contributed by atoms with Crippen molar-refractivity contribution < 1.29 is 28.1 Å². The molecule has 0 aromatic carbocycles. The molecule has 37 heavy (non-hydrogen) atoms. The molecule has 1 aliphatic carbocycles. The predicted octanol–water partition coefficient (Wildman–Crippen LogP) is 3.16. The molecule has 0 radical (unpaired) electrons. The van der Waals surface area contributed by atoms with Crippen LogP contribution in [-0.4, -0.2) is 67.4 Å². The number of carbonyl (C=O) groups is 1. The monoisotopic (exact) mass is 573 g/mol. The van der Waals surface area contributed by atoms with E-state index in [1.807, 2.05) is 13.8 Å². The standard InChI is InChI=1S/C22H34N6O6P2S/c1-4-31-18-15-17(25-21(23)26-18)28(11-24-15)20-22(3,35)16(37)14(34-20)10-32-36(30)27-12(2)19(29)33-13-8-6-5-7-9-13/h11-14,16,20H,4-10,35H2,1-3H3,(H3-,23,25,26,27,30,37)/p+1/t12-,14?,16+,20+,22+/m0/s1. The Balaban J connectivity index is 1.38. The highest BCUT2D eigenvalue weighted by Gasteiger charge is 2.51. The molecule has 2 aliphatic rings. The number of hydrogen-bond donors (Lipinski definition) is 3. The lowest BCUT2D eigenvalue weighted by molar-refractivity contribution is -0.152. The smallest absolute Gasteiger partial charge is 0.476 e. The molecule has 3 unspecified atom stereocenters. The van der Waals surface area contributed by atoms with E-state index in [1.54, 1.807) is 17.8 Å². The van der Waals surface area contributed by atoms with Gasteiger partial charge in [-0.15, -0.1) is 13.8 Å². The van der Waals surface area contributed by atoms with E-state index in [9.17, 15) is 9.36 Å². The summed E-state index contributed by atoms with van der Waals surface area (Å²) in [5, 5.41) is 1.82. The highest BCUT2D eigenvalue weighted by atomic mass is 32.1. The molecule has 0 spiro atoms. The van der Waals surface area contributed by atoms with Crippen LogP contribution >= 0.6 is 30.0 Å². The van der Waals surface area contributed by atoms with Gasteiger partial charge in [0, 0.05) is 10.4 Å². The number of ether oxygens (including phenoxy) is 3. The summed E-state index contributed by atoms with van der Waals surface area (Å²) >= 11 is 4.77. The number of nitrogens with one attached hydrogen (secondary N) is 1. The molecule has 2 aromatic rings. The minimum Gasteiger partial charge on any atom is -0.476 e. The average molecular weight is 574 g/mol. The number of esters is 1. The fourth-order valence-electron chi connectivity index (χ4n) is 4.58. The van der Waals surface area contributed by atoms with Crippen LogP contribution < -0.4 is 15.6 Å². The molecule has 1 saturated carbocycles. The quantitative estimate of drug-likeness (QED) is 0.218. The number of nitrogens with two attached hydrogens (primary N) is 1. The fourth-order valence-corrected chi connectivity index (χ4v) is 6.10. The number of nitrogens with zero attached hydrogens (tertiary/aromatic N) is 4. The van der Waals surface area contributed by atoms with Crippen LogP contribution in [0, 0.1) is 0 Å². The molecular formula is C22H35N6O6P2S+. The second kappa shape index (κ2) is 12.1. The molecule has 1 aliphatic heterocycles. The first-order chi connectivity index (χ1) is 17.6. The Morgan fingerprint density at radius 2 is 2.14 bits per heavy atom. The first-order valence-corrected chi connectivity index (χ1v) is 14.7. The molecule has 0 amide bonds. The lowest BCUT2D eigenvalue weighted by atomic mass is 9.98. The number of carbonyl (C=O) groups excluding carboxylic acids is 1. The minimum absolute atomic E-state index is 0.00476. The molecule has 15 heteroatoms. The number of nitrogen functional groups attached to an aromatic ring is 1. The van der Waals surface area contributed by atoms with Crippen LogP contribution in [0.5, 0.6) is 5.88 Å². The third-order valence-electron chi connectivity index (χ3n) is 6.61. The summed E-state index contributed by atoms with van der Waals surface area (Å²) in [4.78, 5) is 25.3. The largest absolute Gasteiger partial charge is 0.613 e. The lowest BCUT2D eigenvalue weighted by Gasteiger charge is -2.29. The van der Waals surface area contributed by atoms with Crippen LogP contribution in [-0.2, 0) is 23.4 Å². The van der Waals surface area contributed by atoms with Gasteiger partial charge in [-0.05, 0) is 44.1 Å². The van der Waals surface area contributed by atoms with E-state index in [0.717, 1.165) is 25.7 Å². The number of thiol groups is 1. The fraction of sp³-hybridized carbons (Fsp3) is 0.727. The van der Waals surface area contributed by atoms with Crippen LogP contribution in [0.25, 0.3) is 11.2 Å². The molecule has 204 valence electrons. The highest BCUT2D eigenvalue weighted by Crippen LogP contribution is 2.48. The van der Waals surface area contributed by atoms with Crippen LogP contribution in [0.2, 0.25) is 0 Å². The number of anilines is 1. The van der Waals surface area contributed by atoms with Gasteiger partial charge in [0.2, 0.25) is 11.8 Å². The van der Waals surface area contributed by atoms with E-state index in [-0.39, 0.29) is 23.9 Å². The van der Waals surface area contributed by atoms with Gasteiger partial charge in [0.25, 0.3) is 0 Å². The Morgan fingerprint density at radius 3 is 2.84 bits per heavy atom. The first-order valence-electron chi connectivity index (χ1n) is 12.4. The van der Waals surface area contributed by atoms with Gasteiger partial charge in [-0.25, -0.2) is 4.98 Å². The van der Waals surface area contributed by atoms with Crippen LogP contribution in [0.1, 0.15) is 59.1 Å². The van der Waals surface area contributed by atoms with Crippen molar-refractivity contribution >= 4 is 53.1 Å². The van der Waals surface area contributed by atoms with Gasteiger partial charge in [0.15, 0.2) is 11.2 Å². The maximum atomic E-state index is 12.6. The van der Waals surface area contributed by atoms with Crippen molar-refractivity contribution in [2.24, 2.45) is 0 Å². The number of hydrogen-bond acceptors (Lipinski definition) is 11. The van der Waals surface area contributed by atoms with Gasteiger partial charge in [-0.3, -0.25) is 9.36 Å². The second-order valence-electron chi connectivity index (χ2n) is 9.58. The maximum absolute atomic E-state index is 12.6. The number of rotatable bonds is 10. The zero-order valence-electron chi connectivity index (χ0n) is 21.2. The number of fused-ring (bicyclic) bond motifs is 1. The van der Waals surface area contributed by atoms with E-state index in [2.05, 4.69) is 29.3 Å². The van der Waals surface area contributed by atoms with Gasteiger partial charge < -0.3 is 19.9 Å². The summed E-state index contributed by atoms with van der Waals surface area (Å²) in [7, 11) is 0.444. The molecule has 7 atom stereocenters. The molecule has 2 aromatic heterocycles. The Labute approximate surface area is 224 Å². The Morgan fingerprint density at radius 1 is 1.41 bits per heavy atom. The SMILES string of the molecule is CCOc1nc(N)nc2c1ncn2[C@@H]1OC(CO[P+](=O)N[C@@H](C)C(=O)OC2CCCCC2)[C@@H](S)[C@@]1(C)P. The van der Waals surface area contributed by atoms with Gasteiger partial charge in [0.1, 0.15) is 31.1 Å². The van der Waals surface area contributed by atoms with Crippen LogP contribution in [0.15, 0.2) is 6.33 Å². The van der Waals surface area contributed by atoms with Gasteiger partial charge in [-0.2, -0.15) is 22.6 Å². The highest BCUT2D eigenvalue weighted by molar-refractivity contribution is 7.81. The third-order valence-corrected chi connectivity index (χ3v) is 9.40. The third kappa shape index (κ3) is 6.34. The first kappa shape index (κ1) is 28.4. The van der Waals surface area contributed by atoms with Gasteiger partial charge in [-0.1, -0.05) is 18.4 Å². The van der Waals surface area contributed by atoms with E-state index in [1.165, 1.54) is 6.42 Å². The van der Waals surface area contributed by atoms with Crippen molar-refractivity contribution in [1.82, 2.24) is 24.6 Å². The molecule has 12 nitrogen and oxygen atoms in total. The lowest BCUT2D eigenvalue weighted by Crippen LogP contribution is -2.36. The van der Waals surface area contributed by atoms with Crippen molar-refractivity contribution in [2.75, 3.05) is 18.9 Å². The van der Waals surface area contributed by atoms with E-state index < -0.39 is 37.7 Å². The van der Waals surface area contributed by atoms with Crippen molar-refractivity contribution in [3.63, 3.8) is 0 Å². The molecule has 0 bridgehead atoms.